The van der Waals surface area contributed by atoms with Gasteiger partial charge in [-0.3, -0.25) is 0 Å². The minimum atomic E-state index is -4.37. The van der Waals surface area contributed by atoms with Gasteiger partial charge in [0.15, 0.2) is 0 Å². The van der Waals surface area contributed by atoms with E-state index >= 15 is 0 Å². The Balaban J connectivity index is 1.96. The lowest BCUT2D eigenvalue weighted by molar-refractivity contribution is -0.219. The minimum absolute atomic E-state index is 0.00436. The van der Waals surface area contributed by atoms with Crippen LogP contribution in [-0.2, 0) is 6.54 Å². The zero-order valence-electron chi connectivity index (χ0n) is 13.2. The number of nitrogens with one attached hydrogen (secondary N) is 1. The highest BCUT2D eigenvalue weighted by molar-refractivity contribution is 5.73. The lowest BCUT2D eigenvalue weighted by Crippen LogP contribution is -2.48. The summed E-state index contributed by atoms with van der Waals surface area (Å²) in [4.78, 5) is 13.1. The van der Waals surface area contributed by atoms with E-state index in [0.717, 1.165) is 17.0 Å². The standard InChI is InChI=1S/C16H19F5N2O/c1-23(9-11-6-12(17)8-13(18)7-11)14(24)22-10-15(16(19,20)21)4-2-3-5-15/h6-8H,2-5,9-10H2,1H3,(H,22,24). The molecule has 1 aliphatic rings. The molecule has 1 saturated carbocycles. The number of nitrogens with zero attached hydrogens (tertiary/aromatic N) is 1. The third-order valence-electron chi connectivity index (χ3n) is 4.43. The van der Waals surface area contributed by atoms with Gasteiger partial charge in [0.05, 0.1) is 5.41 Å². The van der Waals surface area contributed by atoms with E-state index < -0.39 is 35.8 Å². The number of carbonyl (C=O) groups is 1. The molecule has 0 aliphatic heterocycles. The second-order valence-corrected chi connectivity index (χ2v) is 6.28. The topological polar surface area (TPSA) is 32.3 Å². The number of benzene rings is 1. The second kappa shape index (κ2) is 6.94. The van der Waals surface area contributed by atoms with E-state index in [9.17, 15) is 26.7 Å². The van der Waals surface area contributed by atoms with Crippen LogP contribution in [-0.4, -0.2) is 30.7 Å². The predicted octanol–water partition coefficient (Wildman–Crippen LogP) is 4.23. The van der Waals surface area contributed by atoms with Crippen molar-refractivity contribution < 1.29 is 26.7 Å². The van der Waals surface area contributed by atoms with Crippen molar-refractivity contribution in [1.29, 1.82) is 0 Å². The fraction of sp³-hybridized carbons (Fsp3) is 0.562. The number of hydrogen-bond acceptors (Lipinski definition) is 1. The first-order valence-corrected chi connectivity index (χ1v) is 7.64. The molecule has 0 spiro atoms. The number of halogens is 5. The summed E-state index contributed by atoms with van der Waals surface area (Å²) < 4.78 is 66.0. The van der Waals surface area contributed by atoms with Gasteiger partial charge in [-0.2, -0.15) is 13.2 Å². The Bertz CT molecular complexity index is 576. The van der Waals surface area contributed by atoms with E-state index in [2.05, 4.69) is 5.32 Å². The van der Waals surface area contributed by atoms with Crippen LogP contribution in [0.3, 0.4) is 0 Å². The first-order chi connectivity index (χ1) is 11.1. The Morgan fingerprint density at radius 2 is 1.71 bits per heavy atom. The van der Waals surface area contributed by atoms with Crippen molar-refractivity contribution in [3.63, 3.8) is 0 Å². The molecular weight excluding hydrogens is 331 g/mol. The predicted molar refractivity (Wildman–Crippen MR) is 78.2 cm³/mol. The average molecular weight is 350 g/mol. The molecule has 1 N–H and O–H groups in total. The first-order valence-electron chi connectivity index (χ1n) is 7.64. The molecule has 2 amide bonds. The molecule has 0 radical (unpaired) electrons. The molecule has 0 atom stereocenters. The summed E-state index contributed by atoms with van der Waals surface area (Å²) in [5.41, 5.74) is -1.66. The summed E-state index contributed by atoms with van der Waals surface area (Å²) in [6.45, 7) is -0.600. The van der Waals surface area contributed by atoms with Crippen LogP contribution in [0.25, 0.3) is 0 Å². The van der Waals surface area contributed by atoms with Crippen LogP contribution in [0, 0.1) is 17.0 Å². The fourth-order valence-electron chi connectivity index (χ4n) is 3.04. The number of hydrogen-bond donors (Lipinski definition) is 1. The molecule has 2 rings (SSSR count). The van der Waals surface area contributed by atoms with Crippen LogP contribution < -0.4 is 5.32 Å². The van der Waals surface area contributed by atoms with Crippen LogP contribution in [0.15, 0.2) is 18.2 Å². The Kier molecular flexibility index (Phi) is 5.35. The highest BCUT2D eigenvalue weighted by Gasteiger charge is 2.55. The molecule has 0 saturated heterocycles. The molecule has 1 aromatic carbocycles. The van der Waals surface area contributed by atoms with Crippen molar-refractivity contribution in [3.05, 3.63) is 35.4 Å². The number of urea groups is 1. The molecule has 1 aliphatic carbocycles. The lowest BCUT2D eigenvalue weighted by atomic mass is 9.85. The van der Waals surface area contributed by atoms with E-state index in [1.807, 2.05) is 0 Å². The van der Waals surface area contributed by atoms with Gasteiger partial charge >= 0.3 is 12.2 Å². The van der Waals surface area contributed by atoms with Gasteiger partial charge in [-0.25, -0.2) is 13.6 Å². The van der Waals surface area contributed by atoms with Gasteiger partial charge in [0.25, 0.3) is 0 Å². The third kappa shape index (κ3) is 4.15. The van der Waals surface area contributed by atoms with E-state index in [0.29, 0.717) is 18.9 Å². The smallest absolute Gasteiger partial charge is 0.337 e. The Morgan fingerprint density at radius 1 is 1.17 bits per heavy atom. The van der Waals surface area contributed by atoms with Crippen molar-refractivity contribution in [3.8, 4) is 0 Å². The van der Waals surface area contributed by atoms with Gasteiger partial charge in [0, 0.05) is 26.2 Å². The molecule has 1 fully saturated rings. The highest BCUT2D eigenvalue weighted by Crippen LogP contribution is 2.49. The normalized spacial score (nSPS) is 16.9. The van der Waals surface area contributed by atoms with Gasteiger partial charge in [-0.05, 0) is 30.5 Å². The zero-order valence-corrected chi connectivity index (χ0v) is 13.2. The van der Waals surface area contributed by atoms with Crippen molar-refractivity contribution in [2.75, 3.05) is 13.6 Å². The number of amides is 2. The van der Waals surface area contributed by atoms with Gasteiger partial charge in [0.2, 0.25) is 0 Å². The van der Waals surface area contributed by atoms with Gasteiger partial charge in [-0.1, -0.05) is 12.8 Å². The van der Waals surface area contributed by atoms with E-state index in [1.54, 1.807) is 0 Å². The molecular formula is C16H19F5N2O. The second-order valence-electron chi connectivity index (χ2n) is 6.28. The molecule has 3 nitrogen and oxygen atoms in total. The fourth-order valence-corrected chi connectivity index (χ4v) is 3.04. The van der Waals surface area contributed by atoms with Crippen molar-refractivity contribution in [2.24, 2.45) is 5.41 Å². The molecule has 8 heteroatoms. The molecule has 1 aromatic rings. The van der Waals surface area contributed by atoms with Crippen molar-refractivity contribution in [1.82, 2.24) is 10.2 Å². The first kappa shape index (κ1) is 18.5. The summed E-state index contributed by atoms with van der Waals surface area (Å²) in [5, 5.41) is 2.30. The molecule has 24 heavy (non-hydrogen) atoms. The van der Waals surface area contributed by atoms with E-state index in [1.165, 1.54) is 7.05 Å². The summed E-state index contributed by atoms with van der Waals surface area (Å²) in [7, 11) is 1.35. The van der Waals surface area contributed by atoms with Crippen LogP contribution >= 0.6 is 0 Å². The average Bonchev–Trinajstić information content (AvgIpc) is 2.93. The SMILES string of the molecule is CN(Cc1cc(F)cc(F)c1)C(=O)NCC1(C(F)(F)F)CCCC1. The van der Waals surface area contributed by atoms with Crippen molar-refractivity contribution in [2.45, 2.75) is 38.4 Å². The monoisotopic (exact) mass is 350 g/mol. The maximum atomic E-state index is 13.3. The van der Waals surface area contributed by atoms with E-state index in [-0.39, 0.29) is 24.9 Å². The number of carbonyl (C=O) groups excluding carboxylic acids is 1. The molecule has 134 valence electrons. The quantitative estimate of drug-likeness (QED) is 0.810. The Labute approximate surface area is 136 Å². The molecule has 0 bridgehead atoms. The van der Waals surface area contributed by atoms with E-state index in [4.69, 9.17) is 0 Å². The van der Waals surface area contributed by atoms with Crippen LogP contribution in [0.1, 0.15) is 31.2 Å². The Morgan fingerprint density at radius 3 is 2.21 bits per heavy atom. The van der Waals surface area contributed by atoms with Crippen molar-refractivity contribution >= 4 is 6.03 Å². The highest BCUT2D eigenvalue weighted by atomic mass is 19.4. The van der Waals surface area contributed by atoms with Gasteiger partial charge in [0.1, 0.15) is 11.6 Å². The third-order valence-corrected chi connectivity index (χ3v) is 4.43. The summed E-state index contributed by atoms with van der Waals surface area (Å²) >= 11 is 0. The maximum absolute atomic E-state index is 13.3. The summed E-state index contributed by atoms with van der Waals surface area (Å²) in [6, 6.07) is 2.13. The zero-order chi connectivity index (χ0) is 18.0. The maximum Gasteiger partial charge on any atom is 0.396 e. The largest absolute Gasteiger partial charge is 0.396 e. The molecule has 0 aromatic heterocycles. The lowest BCUT2D eigenvalue weighted by Gasteiger charge is -2.32. The van der Waals surface area contributed by atoms with Gasteiger partial charge in [-0.15, -0.1) is 0 Å². The summed E-state index contributed by atoms with van der Waals surface area (Å²) in [5.74, 6) is -1.55. The molecule has 0 unspecified atom stereocenters. The number of rotatable bonds is 4. The summed E-state index contributed by atoms with van der Waals surface area (Å²) in [6.07, 6.45) is -3.42. The van der Waals surface area contributed by atoms with Crippen LogP contribution in [0.2, 0.25) is 0 Å². The van der Waals surface area contributed by atoms with Crippen LogP contribution in [0.5, 0.6) is 0 Å². The number of alkyl halides is 3. The minimum Gasteiger partial charge on any atom is -0.337 e. The molecule has 0 heterocycles. The van der Waals surface area contributed by atoms with Gasteiger partial charge < -0.3 is 10.2 Å². The van der Waals surface area contributed by atoms with Crippen LogP contribution in [0.4, 0.5) is 26.7 Å². The Hall–Kier alpha value is -1.86.